The lowest BCUT2D eigenvalue weighted by atomic mass is 10.1. The van der Waals surface area contributed by atoms with Gasteiger partial charge in [0.1, 0.15) is 11.6 Å². The van der Waals surface area contributed by atoms with Crippen molar-refractivity contribution in [3.63, 3.8) is 0 Å². The number of hydrogen-bond acceptors (Lipinski definition) is 5. The molecule has 6 rings (SSSR count). The highest BCUT2D eigenvalue weighted by Gasteiger charge is 2.15. The SMILES string of the molecule is NCC1CCCCO1.O=C(NCC1CCCCO1)c1ccc(C#Cc2ccccc2F)cc1.O=C(O)c1ccc(C#Cc2ccccc2F)cc1. The van der Waals surface area contributed by atoms with Crippen LogP contribution in [0, 0.1) is 35.3 Å². The van der Waals surface area contributed by atoms with Gasteiger partial charge in [0.15, 0.2) is 0 Å². The van der Waals surface area contributed by atoms with E-state index in [1.165, 1.54) is 37.1 Å². The Morgan fingerprint density at radius 1 is 0.667 bits per heavy atom. The summed E-state index contributed by atoms with van der Waals surface area (Å²) < 4.78 is 37.7. The number of ether oxygens (including phenoxy) is 2. The standard InChI is InChI=1S/C21H20FNO2.C15H9FO2.C6H13NO/c22-20-7-2-1-5-17(20)11-8-16-9-12-18(13-10-16)21(24)23-15-19-6-3-4-14-25-19;16-14-4-2-1-3-12(14)8-5-11-6-9-13(10-7-11)15(17)18;7-5-6-3-1-2-4-8-6/h1-2,5,7,9-10,12-13,19H,3-4,6,14-15H2,(H,23,24);1-4,6-7,9-10H,(H,17,18);6H,1-5,7H2. The molecule has 0 spiro atoms. The molecule has 264 valence electrons. The van der Waals surface area contributed by atoms with Gasteiger partial charge in [-0.1, -0.05) is 47.9 Å². The fraction of sp³-hybridized carbons (Fsp3) is 0.286. The molecule has 2 atom stereocenters. The highest BCUT2D eigenvalue weighted by Crippen LogP contribution is 2.13. The molecule has 9 heteroatoms. The second-order valence-corrected chi connectivity index (χ2v) is 11.8. The Kier molecular flexibility index (Phi) is 15.9. The van der Waals surface area contributed by atoms with Crippen LogP contribution in [0.3, 0.4) is 0 Å². The molecular formula is C42H42F2N2O5. The van der Waals surface area contributed by atoms with E-state index >= 15 is 0 Å². The van der Waals surface area contributed by atoms with Crippen molar-refractivity contribution in [2.45, 2.75) is 50.7 Å². The van der Waals surface area contributed by atoms with Crippen molar-refractivity contribution >= 4 is 11.9 Å². The van der Waals surface area contributed by atoms with Gasteiger partial charge in [-0.15, -0.1) is 0 Å². The van der Waals surface area contributed by atoms with E-state index < -0.39 is 5.97 Å². The third kappa shape index (κ3) is 13.5. The molecule has 0 aliphatic carbocycles. The van der Waals surface area contributed by atoms with Crippen LogP contribution in [0.5, 0.6) is 0 Å². The van der Waals surface area contributed by atoms with Gasteiger partial charge in [-0.3, -0.25) is 4.79 Å². The van der Waals surface area contributed by atoms with E-state index in [2.05, 4.69) is 29.0 Å². The first-order valence-corrected chi connectivity index (χ1v) is 17.0. The predicted molar refractivity (Wildman–Crippen MR) is 193 cm³/mol. The minimum absolute atomic E-state index is 0.114. The lowest BCUT2D eigenvalue weighted by Gasteiger charge is -2.22. The molecular weight excluding hydrogens is 650 g/mol. The Morgan fingerprint density at radius 3 is 1.55 bits per heavy atom. The minimum atomic E-state index is -0.983. The number of carboxylic acid groups (broad SMARTS) is 1. The molecule has 4 aromatic carbocycles. The van der Waals surface area contributed by atoms with Gasteiger partial charge in [0.25, 0.3) is 5.91 Å². The van der Waals surface area contributed by atoms with E-state index in [1.807, 2.05) is 0 Å². The zero-order valence-corrected chi connectivity index (χ0v) is 28.4. The Hall–Kier alpha value is -5.32. The lowest BCUT2D eigenvalue weighted by molar-refractivity contribution is 0.0169. The molecule has 0 saturated carbocycles. The maximum atomic E-state index is 13.5. The summed E-state index contributed by atoms with van der Waals surface area (Å²) in [5.41, 5.74) is 8.21. The van der Waals surface area contributed by atoms with Crippen LogP contribution >= 0.6 is 0 Å². The molecule has 2 aliphatic rings. The molecule has 7 nitrogen and oxygen atoms in total. The molecule has 2 saturated heterocycles. The molecule has 1 amide bonds. The number of carbonyl (C=O) groups is 2. The number of carboxylic acids is 1. The van der Waals surface area contributed by atoms with E-state index in [9.17, 15) is 18.4 Å². The first-order chi connectivity index (χ1) is 24.8. The van der Waals surface area contributed by atoms with Crippen LogP contribution in [-0.4, -0.2) is 55.5 Å². The van der Waals surface area contributed by atoms with Crippen LogP contribution in [0.4, 0.5) is 8.78 Å². The molecule has 4 N–H and O–H groups in total. The summed E-state index contributed by atoms with van der Waals surface area (Å²) in [7, 11) is 0. The Balaban J connectivity index is 0.000000194. The highest BCUT2D eigenvalue weighted by atomic mass is 19.1. The summed E-state index contributed by atoms with van der Waals surface area (Å²) in [5, 5.41) is 11.6. The summed E-state index contributed by atoms with van der Waals surface area (Å²) in [6.45, 7) is 2.92. The Morgan fingerprint density at radius 2 is 1.14 bits per heavy atom. The summed E-state index contributed by atoms with van der Waals surface area (Å²) in [5.74, 6) is 9.39. The van der Waals surface area contributed by atoms with E-state index in [4.69, 9.17) is 20.3 Å². The second kappa shape index (κ2) is 21.0. The maximum Gasteiger partial charge on any atom is 0.335 e. The quantitative estimate of drug-likeness (QED) is 0.195. The molecule has 2 heterocycles. The number of halogens is 2. The third-order valence-corrected chi connectivity index (χ3v) is 8.01. The van der Waals surface area contributed by atoms with Gasteiger partial charge in [0, 0.05) is 43.0 Å². The molecule has 4 aromatic rings. The smallest absolute Gasteiger partial charge is 0.335 e. The van der Waals surface area contributed by atoms with Gasteiger partial charge in [0.2, 0.25) is 0 Å². The number of amides is 1. The van der Waals surface area contributed by atoms with Crippen LogP contribution < -0.4 is 11.1 Å². The number of carbonyl (C=O) groups excluding carboxylic acids is 1. The molecule has 2 unspecified atom stereocenters. The largest absolute Gasteiger partial charge is 0.478 e. The average Bonchev–Trinajstić information content (AvgIpc) is 3.18. The van der Waals surface area contributed by atoms with Gasteiger partial charge in [-0.25, -0.2) is 13.6 Å². The summed E-state index contributed by atoms with van der Waals surface area (Å²) in [6, 6.07) is 25.7. The van der Waals surface area contributed by atoms with Crippen LogP contribution in [-0.2, 0) is 9.47 Å². The van der Waals surface area contributed by atoms with E-state index in [0.717, 1.165) is 44.5 Å². The molecule has 0 radical (unpaired) electrons. The van der Waals surface area contributed by atoms with Gasteiger partial charge in [-0.2, -0.15) is 0 Å². The van der Waals surface area contributed by atoms with Crippen molar-refractivity contribution in [3.8, 4) is 23.7 Å². The fourth-order valence-corrected chi connectivity index (χ4v) is 5.08. The first kappa shape index (κ1) is 38.5. The van der Waals surface area contributed by atoms with Gasteiger partial charge in [-0.05, 0) is 111 Å². The number of benzene rings is 4. The van der Waals surface area contributed by atoms with Crippen LogP contribution in [0.1, 0.15) is 81.5 Å². The van der Waals surface area contributed by atoms with E-state index in [0.29, 0.717) is 41.4 Å². The zero-order valence-electron chi connectivity index (χ0n) is 28.4. The molecule has 0 aromatic heterocycles. The molecule has 51 heavy (non-hydrogen) atoms. The van der Waals surface area contributed by atoms with Gasteiger partial charge in [0.05, 0.1) is 28.9 Å². The Bertz CT molecular complexity index is 1830. The van der Waals surface area contributed by atoms with Crippen molar-refractivity contribution in [3.05, 3.63) is 142 Å². The minimum Gasteiger partial charge on any atom is -0.478 e. The predicted octanol–water partition coefficient (Wildman–Crippen LogP) is 6.96. The summed E-state index contributed by atoms with van der Waals surface area (Å²) >= 11 is 0. The van der Waals surface area contributed by atoms with Gasteiger partial charge >= 0.3 is 5.97 Å². The monoisotopic (exact) mass is 692 g/mol. The van der Waals surface area contributed by atoms with Crippen molar-refractivity contribution in [2.24, 2.45) is 5.73 Å². The van der Waals surface area contributed by atoms with Crippen LogP contribution in [0.25, 0.3) is 0 Å². The van der Waals surface area contributed by atoms with Crippen molar-refractivity contribution in [1.82, 2.24) is 5.32 Å². The van der Waals surface area contributed by atoms with Crippen LogP contribution in [0.2, 0.25) is 0 Å². The highest BCUT2D eigenvalue weighted by molar-refractivity contribution is 5.94. The average molecular weight is 693 g/mol. The van der Waals surface area contributed by atoms with E-state index in [-0.39, 0.29) is 29.2 Å². The number of rotatable bonds is 5. The number of nitrogens with two attached hydrogens (primary N) is 1. The van der Waals surface area contributed by atoms with Crippen molar-refractivity contribution in [1.29, 1.82) is 0 Å². The third-order valence-electron chi connectivity index (χ3n) is 8.01. The van der Waals surface area contributed by atoms with Crippen molar-refractivity contribution in [2.75, 3.05) is 26.3 Å². The van der Waals surface area contributed by atoms with Crippen LogP contribution in [0.15, 0.2) is 97.1 Å². The molecule has 0 bridgehead atoms. The lowest BCUT2D eigenvalue weighted by Crippen LogP contribution is -2.35. The second-order valence-electron chi connectivity index (χ2n) is 11.8. The zero-order chi connectivity index (χ0) is 36.3. The fourth-order valence-electron chi connectivity index (χ4n) is 5.08. The molecule has 2 fully saturated rings. The maximum absolute atomic E-state index is 13.5. The normalized spacial score (nSPS) is 16.2. The Labute approximate surface area is 298 Å². The molecule has 2 aliphatic heterocycles. The number of aromatic carboxylic acids is 1. The number of nitrogens with one attached hydrogen (secondary N) is 1. The topological polar surface area (TPSA) is 111 Å². The summed E-state index contributed by atoms with van der Waals surface area (Å²) in [4.78, 5) is 22.8. The van der Waals surface area contributed by atoms with Gasteiger partial charge < -0.3 is 25.6 Å². The first-order valence-electron chi connectivity index (χ1n) is 17.0. The number of hydrogen-bond donors (Lipinski definition) is 3. The van der Waals surface area contributed by atoms with Crippen molar-refractivity contribution < 1.29 is 33.0 Å². The summed E-state index contributed by atoms with van der Waals surface area (Å²) in [6.07, 6.45) is 7.39. The van der Waals surface area contributed by atoms with E-state index in [1.54, 1.807) is 72.8 Å².